The van der Waals surface area contributed by atoms with Crippen molar-refractivity contribution in [2.45, 2.75) is 51.3 Å². The molecule has 0 spiro atoms. The van der Waals surface area contributed by atoms with Gasteiger partial charge in [-0.3, -0.25) is 14.3 Å². The molecule has 2 heterocycles. The number of nitrogens with zero attached hydrogens (tertiary/aromatic N) is 3. The molecular formula is C23H32N4O4. The largest absolute Gasteiger partial charge is 0.490 e. The number of likely N-dealkylation sites (tertiary alicyclic amines) is 1. The first kappa shape index (κ1) is 22.8. The Morgan fingerprint density at radius 1 is 1.23 bits per heavy atom. The Morgan fingerprint density at radius 3 is 2.61 bits per heavy atom. The predicted octanol–water partition coefficient (Wildman–Crippen LogP) is 2.50. The standard InChI is InChI=1S/C23H32N4O4/c1-18(8-16-27-13-3-12-24-27)25-23(29)19-4-6-20(7-5-19)31-21-9-14-26(15-10-21)22(28)11-17-30-2/h3-7,12-13,18,21H,8-11,14-17H2,1-2H3,(H,25,29)/t18-/m1/s1. The molecule has 1 N–H and O–H groups in total. The summed E-state index contributed by atoms with van der Waals surface area (Å²) in [7, 11) is 1.60. The number of nitrogens with one attached hydrogen (secondary N) is 1. The van der Waals surface area contributed by atoms with E-state index < -0.39 is 0 Å². The Labute approximate surface area is 183 Å². The second-order valence-corrected chi connectivity index (χ2v) is 7.90. The molecule has 0 unspecified atom stereocenters. The zero-order valence-corrected chi connectivity index (χ0v) is 18.3. The summed E-state index contributed by atoms with van der Waals surface area (Å²) in [6.45, 7) is 4.61. The van der Waals surface area contributed by atoms with Crippen molar-refractivity contribution in [2.24, 2.45) is 0 Å². The maximum absolute atomic E-state index is 12.5. The highest BCUT2D eigenvalue weighted by Gasteiger charge is 2.23. The molecule has 31 heavy (non-hydrogen) atoms. The van der Waals surface area contributed by atoms with Crippen LogP contribution in [0.25, 0.3) is 0 Å². The molecule has 1 aliphatic rings. The van der Waals surface area contributed by atoms with E-state index in [-0.39, 0.29) is 24.0 Å². The lowest BCUT2D eigenvalue weighted by atomic mass is 10.1. The molecule has 1 fully saturated rings. The molecule has 0 bridgehead atoms. The Morgan fingerprint density at radius 2 is 1.97 bits per heavy atom. The van der Waals surface area contributed by atoms with Gasteiger partial charge in [-0.15, -0.1) is 0 Å². The van der Waals surface area contributed by atoms with Crippen LogP contribution in [0.3, 0.4) is 0 Å². The number of rotatable bonds is 10. The third-order valence-electron chi connectivity index (χ3n) is 5.46. The number of amides is 2. The highest BCUT2D eigenvalue weighted by atomic mass is 16.5. The van der Waals surface area contributed by atoms with E-state index in [1.165, 1.54) is 0 Å². The number of carbonyl (C=O) groups is 2. The monoisotopic (exact) mass is 428 g/mol. The normalized spacial score (nSPS) is 15.5. The highest BCUT2D eigenvalue weighted by Crippen LogP contribution is 2.20. The fraction of sp³-hybridized carbons (Fsp3) is 0.522. The number of benzene rings is 1. The van der Waals surface area contributed by atoms with Crippen LogP contribution >= 0.6 is 0 Å². The van der Waals surface area contributed by atoms with E-state index in [4.69, 9.17) is 9.47 Å². The molecule has 0 radical (unpaired) electrons. The van der Waals surface area contributed by atoms with Gasteiger partial charge in [-0.05, 0) is 43.7 Å². The van der Waals surface area contributed by atoms with Gasteiger partial charge >= 0.3 is 0 Å². The van der Waals surface area contributed by atoms with Gasteiger partial charge in [-0.1, -0.05) is 0 Å². The Hall–Kier alpha value is -2.87. The summed E-state index contributed by atoms with van der Waals surface area (Å²) in [5.41, 5.74) is 0.608. The van der Waals surface area contributed by atoms with Crippen LogP contribution < -0.4 is 10.1 Å². The van der Waals surface area contributed by atoms with Crippen LogP contribution in [0.2, 0.25) is 0 Å². The maximum Gasteiger partial charge on any atom is 0.251 e. The maximum atomic E-state index is 12.5. The number of methoxy groups -OCH3 is 1. The molecule has 0 saturated carbocycles. The van der Waals surface area contributed by atoms with E-state index >= 15 is 0 Å². The highest BCUT2D eigenvalue weighted by molar-refractivity contribution is 5.94. The SMILES string of the molecule is COCCC(=O)N1CCC(Oc2ccc(C(=O)N[C@H](C)CCn3cccn3)cc2)CC1. The van der Waals surface area contributed by atoms with Crippen LogP contribution in [-0.2, 0) is 16.1 Å². The van der Waals surface area contributed by atoms with Crippen LogP contribution in [0.5, 0.6) is 5.75 Å². The molecule has 3 rings (SSSR count). The number of piperidine rings is 1. The third-order valence-corrected chi connectivity index (χ3v) is 5.46. The van der Waals surface area contributed by atoms with E-state index in [1.807, 2.05) is 40.9 Å². The zero-order chi connectivity index (χ0) is 22.1. The van der Waals surface area contributed by atoms with E-state index in [2.05, 4.69) is 10.4 Å². The minimum absolute atomic E-state index is 0.0458. The molecule has 1 saturated heterocycles. The molecule has 0 aliphatic carbocycles. The average Bonchev–Trinajstić information content (AvgIpc) is 3.31. The number of ether oxygens (including phenoxy) is 2. The second kappa shape index (κ2) is 11.5. The fourth-order valence-corrected chi connectivity index (χ4v) is 3.59. The minimum Gasteiger partial charge on any atom is -0.490 e. The minimum atomic E-state index is -0.0950. The van der Waals surface area contributed by atoms with Crippen LogP contribution in [0.1, 0.15) is 43.0 Å². The summed E-state index contributed by atoms with van der Waals surface area (Å²) < 4.78 is 12.9. The number of hydrogen-bond donors (Lipinski definition) is 1. The number of carbonyl (C=O) groups excluding carboxylic acids is 2. The van der Waals surface area contributed by atoms with Gasteiger partial charge in [-0.25, -0.2) is 0 Å². The Kier molecular flexibility index (Phi) is 8.46. The lowest BCUT2D eigenvalue weighted by Crippen LogP contribution is -2.42. The van der Waals surface area contributed by atoms with E-state index in [9.17, 15) is 9.59 Å². The molecular weight excluding hydrogens is 396 g/mol. The van der Waals surface area contributed by atoms with Gasteiger partial charge in [0.15, 0.2) is 0 Å². The fourth-order valence-electron chi connectivity index (χ4n) is 3.59. The molecule has 2 amide bonds. The molecule has 1 aromatic heterocycles. The van der Waals surface area contributed by atoms with Crippen molar-refractivity contribution in [3.8, 4) is 5.75 Å². The van der Waals surface area contributed by atoms with Crippen molar-refractivity contribution >= 4 is 11.8 Å². The van der Waals surface area contributed by atoms with Gasteiger partial charge in [0, 0.05) is 63.6 Å². The first-order chi connectivity index (χ1) is 15.0. The Bertz CT molecular complexity index is 815. The van der Waals surface area contributed by atoms with Crippen molar-refractivity contribution in [1.29, 1.82) is 0 Å². The third kappa shape index (κ3) is 7.10. The second-order valence-electron chi connectivity index (χ2n) is 7.90. The molecule has 8 nitrogen and oxygen atoms in total. The zero-order valence-electron chi connectivity index (χ0n) is 18.3. The Balaban J connectivity index is 1.40. The first-order valence-corrected chi connectivity index (χ1v) is 10.9. The van der Waals surface area contributed by atoms with Gasteiger partial charge in [0.05, 0.1) is 13.0 Å². The van der Waals surface area contributed by atoms with Crippen LogP contribution in [-0.4, -0.2) is 65.4 Å². The van der Waals surface area contributed by atoms with Crippen molar-refractivity contribution in [1.82, 2.24) is 20.0 Å². The van der Waals surface area contributed by atoms with Crippen molar-refractivity contribution in [2.75, 3.05) is 26.8 Å². The molecule has 1 aliphatic heterocycles. The summed E-state index contributed by atoms with van der Waals surface area (Å²) >= 11 is 0. The lowest BCUT2D eigenvalue weighted by Gasteiger charge is -2.32. The lowest BCUT2D eigenvalue weighted by molar-refractivity contribution is -0.133. The van der Waals surface area contributed by atoms with Gasteiger partial charge in [0.25, 0.3) is 5.91 Å². The average molecular weight is 429 g/mol. The molecule has 2 aromatic rings. The van der Waals surface area contributed by atoms with Gasteiger partial charge in [-0.2, -0.15) is 5.10 Å². The summed E-state index contributed by atoms with van der Waals surface area (Å²) in [6.07, 6.45) is 6.57. The molecule has 168 valence electrons. The molecule has 1 atom stereocenters. The predicted molar refractivity (Wildman–Crippen MR) is 117 cm³/mol. The van der Waals surface area contributed by atoms with Crippen LogP contribution in [0.15, 0.2) is 42.7 Å². The molecule has 8 heteroatoms. The van der Waals surface area contributed by atoms with Crippen molar-refractivity contribution in [3.05, 3.63) is 48.3 Å². The van der Waals surface area contributed by atoms with Crippen molar-refractivity contribution in [3.63, 3.8) is 0 Å². The van der Waals surface area contributed by atoms with Gasteiger partial charge < -0.3 is 19.7 Å². The van der Waals surface area contributed by atoms with Crippen LogP contribution in [0.4, 0.5) is 0 Å². The topological polar surface area (TPSA) is 85.7 Å². The molecule has 1 aromatic carbocycles. The summed E-state index contributed by atoms with van der Waals surface area (Å²) in [5.74, 6) is 0.782. The van der Waals surface area contributed by atoms with E-state index in [1.54, 1.807) is 25.4 Å². The van der Waals surface area contributed by atoms with Crippen molar-refractivity contribution < 1.29 is 19.1 Å². The summed E-state index contributed by atoms with van der Waals surface area (Å²) in [6, 6.07) is 9.17. The van der Waals surface area contributed by atoms with E-state index in [0.29, 0.717) is 31.7 Å². The van der Waals surface area contributed by atoms with Gasteiger partial charge in [0.2, 0.25) is 5.91 Å². The summed E-state index contributed by atoms with van der Waals surface area (Å²) in [5, 5.41) is 7.20. The van der Waals surface area contributed by atoms with E-state index in [0.717, 1.165) is 31.6 Å². The number of hydrogen-bond acceptors (Lipinski definition) is 5. The number of aromatic nitrogens is 2. The smallest absolute Gasteiger partial charge is 0.251 e. The number of aryl methyl sites for hydroxylation is 1. The first-order valence-electron chi connectivity index (χ1n) is 10.9. The quantitative estimate of drug-likeness (QED) is 0.628. The summed E-state index contributed by atoms with van der Waals surface area (Å²) in [4.78, 5) is 26.4. The van der Waals surface area contributed by atoms with Crippen LogP contribution in [0, 0.1) is 0 Å². The van der Waals surface area contributed by atoms with Gasteiger partial charge in [0.1, 0.15) is 11.9 Å².